The summed E-state index contributed by atoms with van der Waals surface area (Å²) in [5.74, 6) is -0.791. The highest BCUT2D eigenvalue weighted by Gasteiger charge is 2.30. The van der Waals surface area contributed by atoms with Crippen LogP contribution in [0.2, 0.25) is 5.02 Å². The van der Waals surface area contributed by atoms with Gasteiger partial charge in [-0.15, -0.1) is 0 Å². The van der Waals surface area contributed by atoms with Crippen molar-refractivity contribution in [2.45, 2.75) is 63.8 Å². The van der Waals surface area contributed by atoms with Crippen molar-refractivity contribution >= 4 is 34.2 Å². The van der Waals surface area contributed by atoms with E-state index in [0.717, 1.165) is 55.3 Å². The van der Waals surface area contributed by atoms with Crippen LogP contribution in [0.15, 0.2) is 72.9 Å². The molecule has 0 radical (unpaired) electrons. The molecule has 8 heteroatoms. The molecule has 2 unspecified atom stereocenters. The summed E-state index contributed by atoms with van der Waals surface area (Å²) in [6.07, 6.45) is 5.43. The average Bonchev–Trinajstić information content (AvgIpc) is 3.48. The number of ether oxygens (including phenoxy) is 1. The highest BCUT2D eigenvalue weighted by Crippen LogP contribution is 2.34. The number of nitrogens with one attached hydrogen (secondary N) is 1. The summed E-state index contributed by atoms with van der Waals surface area (Å²) in [5.41, 5.74) is 4.04. The summed E-state index contributed by atoms with van der Waals surface area (Å²) >= 11 is 6.47. The zero-order valence-corrected chi connectivity index (χ0v) is 25.4. The quantitative estimate of drug-likeness (QED) is 0.150. The number of fused-ring (bicyclic) bond motifs is 1. The lowest BCUT2D eigenvalue weighted by Gasteiger charge is -2.28. The fourth-order valence-corrected chi connectivity index (χ4v) is 6.07. The van der Waals surface area contributed by atoms with Gasteiger partial charge in [0.1, 0.15) is 11.9 Å². The fraction of sp³-hybridized carbons (Fsp3) is 0.371. The summed E-state index contributed by atoms with van der Waals surface area (Å²) in [7, 11) is 0. The molecule has 3 aromatic carbocycles. The zero-order chi connectivity index (χ0) is 30.1. The minimum Gasteiger partial charge on any atom is -0.489 e. The molecule has 1 saturated heterocycles. The maximum absolute atomic E-state index is 13.2. The molecule has 2 aliphatic rings. The van der Waals surface area contributed by atoms with Crippen LogP contribution in [0.25, 0.3) is 22.0 Å². The van der Waals surface area contributed by atoms with Gasteiger partial charge in [0.15, 0.2) is 0 Å². The average molecular weight is 600 g/mol. The van der Waals surface area contributed by atoms with Gasteiger partial charge in [0.25, 0.3) is 5.91 Å². The van der Waals surface area contributed by atoms with Gasteiger partial charge in [0.2, 0.25) is 5.78 Å². The van der Waals surface area contributed by atoms with E-state index in [1.54, 1.807) is 30.3 Å². The minimum absolute atomic E-state index is 0.205. The van der Waals surface area contributed by atoms with Gasteiger partial charge in [-0.3, -0.25) is 9.59 Å². The van der Waals surface area contributed by atoms with Crippen LogP contribution in [0, 0.1) is 0 Å². The number of hydrogen-bond acceptors (Lipinski definition) is 5. The van der Waals surface area contributed by atoms with E-state index in [2.05, 4.69) is 59.1 Å². The molecule has 1 aliphatic carbocycles. The number of likely N-dealkylation sites (tertiary alicyclic amines) is 1. The number of rotatable bonds is 11. The first kappa shape index (κ1) is 29.4. The summed E-state index contributed by atoms with van der Waals surface area (Å²) in [6.45, 7) is 6.52. The molecule has 2 fully saturated rings. The third-order valence-corrected chi connectivity index (χ3v) is 8.73. The van der Waals surface area contributed by atoms with Gasteiger partial charge in [-0.2, -0.15) is 0 Å². The van der Waals surface area contributed by atoms with Crippen molar-refractivity contribution in [1.29, 1.82) is 0 Å². The monoisotopic (exact) mass is 599 g/mol. The van der Waals surface area contributed by atoms with Crippen molar-refractivity contribution < 1.29 is 19.4 Å². The molecule has 4 aromatic rings. The summed E-state index contributed by atoms with van der Waals surface area (Å²) in [5, 5.41) is 15.8. The van der Waals surface area contributed by atoms with Gasteiger partial charge in [0, 0.05) is 35.2 Å². The molecule has 2 heterocycles. The van der Waals surface area contributed by atoms with E-state index in [0.29, 0.717) is 34.5 Å². The molecule has 6 rings (SSSR count). The Hall–Kier alpha value is -3.65. The van der Waals surface area contributed by atoms with E-state index in [-0.39, 0.29) is 6.10 Å². The summed E-state index contributed by atoms with van der Waals surface area (Å²) in [4.78, 5) is 28.7. The van der Waals surface area contributed by atoms with Crippen molar-refractivity contribution in [3.05, 3.63) is 89.1 Å². The Balaban J connectivity index is 1.16. The van der Waals surface area contributed by atoms with Gasteiger partial charge in [0.05, 0.1) is 17.2 Å². The first-order valence-electron chi connectivity index (χ1n) is 15.2. The molecule has 224 valence electrons. The van der Waals surface area contributed by atoms with Crippen molar-refractivity contribution in [2.24, 2.45) is 0 Å². The number of carbonyl (C=O) groups excluding carboxylic acids is 2. The lowest BCUT2D eigenvalue weighted by Crippen LogP contribution is -2.48. The van der Waals surface area contributed by atoms with Gasteiger partial charge in [-0.25, -0.2) is 0 Å². The number of halogens is 1. The number of nitrogens with zero attached hydrogens (tertiary/aromatic N) is 2. The number of hydrogen-bond donors (Lipinski definition) is 2. The van der Waals surface area contributed by atoms with Crippen LogP contribution in [-0.2, 0) is 4.79 Å². The number of ketones is 1. The van der Waals surface area contributed by atoms with E-state index in [9.17, 15) is 14.7 Å². The van der Waals surface area contributed by atoms with Crippen molar-refractivity contribution in [1.82, 2.24) is 14.8 Å². The molecular weight excluding hydrogens is 562 g/mol. The number of benzene rings is 3. The molecule has 1 aromatic heterocycles. The van der Waals surface area contributed by atoms with E-state index in [4.69, 9.17) is 16.3 Å². The maximum Gasteiger partial charge on any atom is 0.292 e. The molecule has 0 spiro atoms. The second kappa shape index (κ2) is 12.5. The lowest BCUT2D eigenvalue weighted by molar-refractivity contribution is -0.118. The normalized spacial score (nSPS) is 16.9. The highest BCUT2D eigenvalue weighted by atomic mass is 35.5. The number of carbonyl (C=O) groups is 2. The number of amides is 1. The van der Waals surface area contributed by atoms with E-state index in [1.165, 1.54) is 5.52 Å². The Labute approximate surface area is 257 Å². The summed E-state index contributed by atoms with van der Waals surface area (Å²) < 4.78 is 8.07. The van der Waals surface area contributed by atoms with Crippen LogP contribution in [0.1, 0.15) is 67.6 Å². The molecule has 2 N–H and O–H groups in total. The minimum atomic E-state index is -1.05. The van der Waals surface area contributed by atoms with Crippen molar-refractivity contribution in [3.8, 4) is 16.9 Å². The van der Waals surface area contributed by atoms with Gasteiger partial charge in [-0.05, 0) is 99.6 Å². The lowest BCUT2D eigenvalue weighted by atomic mass is 9.99. The molecule has 1 saturated carbocycles. The Morgan fingerprint density at radius 1 is 0.977 bits per heavy atom. The van der Waals surface area contributed by atoms with Crippen molar-refractivity contribution in [2.75, 3.05) is 19.6 Å². The van der Waals surface area contributed by atoms with E-state index in [1.807, 2.05) is 12.1 Å². The van der Waals surface area contributed by atoms with Gasteiger partial charge < -0.3 is 24.6 Å². The predicted octanol–water partition coefficient (Wildman–Crippen LogP) is 6.58. The summed E-state index contributed by atoms with van der Waals surface area (Å²) in [6, 6.07) is 20.4. The Morgan fingerprint density at radius 3 is 2.37 bits per heavy atom. The SMILES string of the molecule is CC(C)n1ccc2cc(-c3ccc(C(=O)C(=O)NC(CN4CCCC4)C(O)c4ccc(OC5CC5)c(Cl)c4)cc3)ccc21. The third-order valence-electron chi connectivity index (χ3n) is 8.43. The standard InChI is InChI=1S/C35H38ClN3O4/c1-22(2)39-18-15-26-19-25(9-13-31(26)39)23-5-7-24(8-6-23)34(41)35(42)37-30(21-38-16-3-4-17-38)33(40)27-10-14-32(29(36)20-27)43-28-11-12-28/h5-10,13-15,18-20,22,28,30,33,40H,3-4,11-12,16-17,21H2,1-2H3,(H,37,42). The van der Waals surface area contributed by atoms with E-state index >= 15 is 0 Å². The van der Waals surface area contributed by atoms with Gasteiger partial charge >= 0.3 is 0 Å². The number of aliphatic hydroxyl groups is 1. The van der Waals surface area contributed by atoms with Crippen LogP contribution in [0.3, 0.4) is 0 Å². The number of aromatic nitrogens is 1. The van der Waals surface area contributed by atoms with Crippen molar-refractivity contribution in [3.63, 3.8) is 0 Å². The Morgan fingerprint density at radius 2 is 1.70 bits per heavy atom. The van der Waals surface area contributed by atoms with Crippen LogP contribution in [-0.4, -0.2) is 58.0 Å². The fourth-order valence-electron chi connectivity index (χ4n) is 5.84. The molecule has 1 aliphatic heterocycles. The first-order valence-corrected chi connectivity index (χ1v) is 15.6. The van der Waals surface area contributed by atoms with Gasteiger partial charge in [-0.1, -0.05) is 48.0 Å². The molecule has 0 bridgehead atoms. The molecule has 1 amide bonds. The molecule has 2 atom stereocenters. The number of Topliss-reactive ketones (excluding diaryl/α,β-unsaturated/α-hetero) is 1. The van der Waals surface area contributed by atoms with Crippen LogP contribution in [0.4, 0.5) is 0 Å². The smallest absolute Gasteiger partial charge is 0.292 e. The molecule has 7 nitrogen and oxygen atoms in total. The largest absolute Gasteiger partial charge is 0.489 e. The highest BCUT2D eigenvalue weighted by molar-refractivity contribution is 6.42. The van der Waals surface area contributed by atoms with E-state index < -0.39 is 23.8 Å². The predicted molar refractivity (Wildman–Crippen MR) is 170 cm³/mol. The maximum atomic E-state index is 13.2. The Bertz CT molecular complexity index is 1620. The second-order valence-electron chi connectivity index (χ2n) is 12.0. The topological polar surface area (TPSA) is 83.8 Å². The molecule has 43 heavy (non-hydrogen) atoms. The van der Waals surface area contributed by atoms with Crippen LogP contribution < -0.4 is 10.1 Å². The second-order valence-corrected chi connectivity index (χ2v) is 12.4. The number of aliphatic hydroxyl groups excluding tert-OH is 1. The van der Waals surface area contributed by atoms with Crippen LogP contribution in [0.5, 0.6) is 5.75 Å². The molecular formula is C35H38ClN3O4. The zero-order valence-electron chi connectivity index (χ0n) is 24.6. The van der Waals surface area contributed by atoms with Crippen LogP contribution >= 0.6 is 11.6 Å². The first-order chi connectivity index (χ1) is 20.8. The Kier molecular flexibility index (Phi) is 8.57. The third kappa shape index (κ3) is 6.64.